The first-order valence-corrected chi connectivity index (χ1v) is 6.23. The van der Waals surface area contributed by atoms with E-state index in [1.807, 2.05) is 0 Å². The molecule has 1 aliphatic carbocycles. The van der Waals surface area contributed by atoms with Gasteiger partial charge in [-0.1, -0.05) is 25.1 Å². The molecule has 1 aromatic rings. The Bertz CT molecular complexity index is 362. The van der Waals surface area contributed by atoms with Crippen LogP contribution in [0.15, 0.2) is 18.2 Å². The summed E-state index contributed by atoms with van der Waals surface area (Å²) in [5.41, 5.74) is 9.39. The molecule has 2 nitrogen and oxygen atoms in total. The van der Waals surface area contributed by atoms with Crippen molar-refractivity contribution in [2.75, 3.05) is 6.54 Å². The van der Waals surface area contributed by atoms with E-state index in [9.17, 15) is 5.11 Å². The van der Waals surface area contributed by atoms with Crippen LogP contribution >= 0.6 is 0 Å². The van der Waals surface area contributed by atoms with E-state index in [4.69, 9.17) is 5.73 Å². The second-order valence-corrected chi connectivity index (χ2v) is 4.84. The van der Waals surface area contributed by atoms with Gasteiger partial charge in [-0.2, -0.15) is 0 Å². The summed E-state index contributed by atoms with van der Waals surface area (Å²) in [6.07, 6.45) is 3.99. The molecular weight excluding hydrogens is 198 g/mol. The zero-order valence-electron chi connectivity index (χ0n) is 9.95. The zero-order chi connectivity index (χ0) is 11.5. The molecule has 3 N–H and O–H groups in total. The summed E-state index contributed by atoms with van der Waals surface area (Å²) < 4.78 is 0. The monoisotopic (exact) mass is 219 g/mol. The average molecular weight is 219 g/mol. The van der Waals surface area contributed by atoms with Crippen LogP contribution in [-0.2, 0) is 6.42 Å². The highest BCUT2D eigenvalue weighted by Crippen LogP contribution is 2.33. The molecule has 0 saturated carbocycles. The van der Waals surface area contributed by atoms with Crippen LogP contribution in [0.1, 0.15) is 54.9 Å². The van der Waals surface area contributed by atoms with Crippen molar-refractivity contribution in [3.05, 3.63) is 34.9 Å². The van der Waals surface area contributed by atoms with E-state index in [1.165, 1.54) is 30.4 Å². The minimum atomic E-state index is -0.399. The van der Waals surface area contributed by atoms with E-state index in [0.717, 1.165) is 5.56 Å². The van der Waals surface area contributed by atoms with E-state index < -0.39 is 6.10 Å². The molecule has 0 aromatic heterocycles. The molecule has 2 heteroatoms. The number of aliphatic hydroxyl groups excluding tert-OH is 1. The maximum atomic E-state index is 9.93. The van der Waals surface area contributed by atoms with Crippen LogP contribution in [0.5, 0.6) is 0 Å². The van der Waals surface area contributed by atoms with Gasteiger partial charge in [0, 0.05) is 0 Å². The van der Waals surface area contributed by atoms with Crippen molar-refractivity contribution in [1.82, 2.24) is 0 Å². The van der Waals surface area contributed by atoms with Crippen LogP contribution in [0, 0.1) is 0 Å². The number of hydrogen-bond acceptors (Lipinski definition) is 2. The van der Waals surface area contributed by atoms with Gasteiger partial charge in [0.1, 0.15) is 0 Å². The molecule has 0 spiro atoms. The number of nitrogens with two attached hydrogens (primary N) is 1. The molecule has 1 aromatic carbocycles. The van der Waals surface area contributed by atoms with Crippen molar-refractivity contribution in [1.29, 1.82) is 0 Å². The molecule has 0 saturated heterocycles. The van der Waals surface area contributed by atoms with Gasteiger partial charge in [-0.15, -0.1) is 0 Å². The normalized spacial score (nSPS) is 21.6. The lowest BCUT2D eigenvalue weighted by Crippen LogP contribution is -2.10. The molecule has 0 fully saturated rings. The van der Waals surface area contributed by atoms with Gasteiger partial charge in [-0.05, 0) is 54.8 Å². The lowest BCUT2D eigenvalue weighted by molar-refractivity contribution is 0.170. The largest absolute Gasteiger partial charge is 0.388 e. The van der Waals surface area contributed by atoms with Crippen molar-refractivity contribution < 1.29 is 5.11 Å². The Hall–Kier alpha value is -0.860. The van der Waals surface area contributed by atoms with E-state index in [0.29, 0.717) is 18.9 Å². The van der Waals surface area contributed by atoms with Gasteiger partial charge in [-0.3, -0.25) is 0 Å². The summed E-state index contributed by atoms with van der Waals surface area (Å²) in [6, 6.07) is 6.41. The predicted molar refractivity (Wildman–Crippen MR) is 66.4 cm³/mol. The van der Waals surface area contributed by atoms with Crippen molar-refractivity contribution in [2.45, 2.75) is 44.6 Å². The van der Waals surface area contributed by atoms with Gasteiger partial charge in [0.05, 0.1) is 6.10 Å². The second kappa shape index (κ2) is 4.98. The van der Waals surface area contributed by atoms with Crippen molar-refractivity contribution in [3.8, 4) is 0 Å². The third kappa shape index (κ3) is 2.28. The first kappa shape index (κ1) is 11.6. The van der Waals surface area contributed by atoms with Crippen molar-refractivity contribution in [3.63, 3.8) is 0 Å². The van der Waals surface area contributed by atoms with Gasteiger partial charge in [0.15, 0.2) is 0 Å². The lowest BCUT2D eigenvalue weighted by Gasteiger charge is -2.24. The number of aliphatic hydroxyl groups is 1. The first-order valence-electron chi connectivity index (χ1n) is 6.23. The molecule has 0 bridgehead atoms. The molecule has 16 heavy (non-hydrogen) atoms. The second-order valence-electron chi connectivity index (χ2n) is 4.84. The maximum absolute atomic E-state index is 9.93. The van der Waals surface area contributed by atoms with E-state index in [1.54, 1.807) is 0 Å². The lowest BCUT2D eigenvalue weighted by atomic mass is 9.82. The minimum absolute atomic E-state index is 0.399. The highest BCUT2D eigenvalue weighted by molar-refractivity contribution is 5.37. The Kier molecular flexibility index (Phi) is 3.62. The third-order valence-electron chi connectivity index (χ3n) is 3.61. The molecule has 1 aliphatic rings. The summed E-state index contributed by atoms with van der Waals surface area (Å²) >= 11 is 0. The topological polar surface area (TPSA) is 46.2 Å². The summed E-state index contributed by atoms with van der Waals surface area (Å²) in [5, 5.41) is 9.93. The van der Waals surface area contributed by atoms with Crippen LogP contribution < -0.4 is 5.73 Å². The Labute approximate surface area is 97.5 Å². The molecule has 0 amide bonds. The Balaban J connectivity index is 2.26. The van der Waals surface area contributed by atoms with Crippen LogP contribution in [-0.4, -0.2) is 11.7 Å². The fraction of sp³-hybridized carbons (Fsp3) is 0.571. The number of hydrogen-bond donors (Lipinski definition) is 2. The average Bonchev–Trinajstić information content (AvgIpc) is 2.29. The summed E-state index contributed by atoms with van der Waals surface area (Å²) in [5.74, 6) is 0.633. The zero-order valence-corrected chi connectivity index (χ0v) is 9.95. The van der Waals surface area contributed by atoms with Crippen molar-refractivity contribution in [2.24, 2.45) is 5.73 Å². The van der Waals surface area contributed by atoms with Crippen LogP contribution in [0.4, 0.5) is 0 Å². The van der Waals surface area contributed by atoms with E-state index in [2.05, 4.69) is 25.1 Å². The Morgan fingerprint density at radius 3 is 3.06 bits per heavy atom. The van der Waals surface area contributed by atoms with Gasteiger partial charge < -0.3 is 10.8 Å². The van der Waals surface area contributed by atoms with Gasteiger partial charge in [-0.25, -0.2) is 0 Å². The molecule has 88 valence electrons. The Morgan fingerprint density at radius 2 is 2.31 bits per heavy atom. The molecule has 2 atom stereocenters. The minimum Gasteiger partial charge on any atom is -0.388 e. The SMILES string of the molecule is CC1CCCc2ccc(C(O)CCN)cc21. The quantitative estimate of drug-likeness (QED) is 0.820. The third-order valence-corrected chi connectivity index (χ3v) is 3.61. The van der Waals surface area contributed by atoms with Gasteiger partial charge in [0.25, 0.3) is 0 Å². The number of fused-ring (bicyclic) bond motifs is 1. The summed E-state index contributed by atoms with van der Waals surface area (Å²) in [6.45, 7) is 2.81. The predicted octanol–water partition coefficient (Wildman–Crippen LogP) is 2.51. The Morgan fingerprint density at radius 1 is 1.50 bits per heavy atom. The number of rotatable bonds is 3. The standard InChI is InChI=1S/C14H21NO/c1-10-3-2-4-11-5-6-12(9-13(10)11)14(16)7-8-15/h5-6,9-10,14,16H,2-4,7-8,15H2,1H3. The van der Waals surface area contributed by atoms with Crippen LogP contribution in [0.2, 0.25) is 0 Å². The van der Waals surface area contributed by atoms with Crippen molar-refractivity contribution >= 4 is 0 Å². The molecule has 2 rings (SSSR count). The highest BCUT2D eigenvalue weighted by Gasteiger charge is 2.18. The summed E-state index contributed by atoms with van der Waals surface area (Å²) in [4.78, 5) is 0. The fourth-order valence-electron chi connectivity index (χ4n) is 2.59. The molecular formula is C14H21NO. The molecule has 2 unspecified atom stereocenters. The molecule has 0 radical (unpaired) electrons. The fourth-order valence-corrected chi connectivity index (χ4v) is 2.59. The van der Waals surface area contributed by atoms with E-state index in [-0.39, 0.29) is 0 Å². The van der Waals surface area contributed by atoms with E-state index >= 15 is 0 Å². The smallest absolute Gasteiger partial charge is 0.0802 e. The van der Waals surface area contributed by atoms with Crippen LogP contribution in [0.25, 0.3) is 0 Å². The number of aryl methyl sites for hydroxylation is 1. The molecule has 0 aliphatic heterocycles. The number of benzene rings is 1. The maximum Gasteiger partial charge on any atom is 0.0802 e. The first-order chi connectivity index (χ1) is 7.72. The van der Waals surface area contributed by atoms with Crippen LogP contribution in [0.3, 0.4) is 0 Å². The molecule has 0 heterocycles. The highest BCUT2D eigenvalue weighted by atomic mass is 16.3. The van der Waals surface area contributed by atoms with Gasteiger partial charge >= 0.3 is 0 Å². The van der Waals surface area contributed by atoms with Gasteiger partial charge in [0.2, 0.25) is 0 Å². The summed E-state index contributed by atoms with van der Waals surface area (Å²) in [7, 11) is 0.